The highest BCUT2D eigenvalue weighted by molar-refractivity contribution is 6.30. The second-order valence-electron chi connectivity index (χ2n) is 6.98. The van der Waals surface area contributed by atoms with Crippen LogP contribution in [0.25, 0.3) is 0 Å². The van der Waals surface area contributed by atoms with Crippen molar-refractivity contribution < 1.29 is 22.7 Å². The van der Waals surface area contributed by atoms with Crippen molar-refractivity contribution in [3.63, 3.8) is 0 Å². The Labute approximate surface area is 180 Å². The predicted molar refractivity (Wildman–Crippen MR) is 113 cm³/mol. The molecule has 2 aromatic carbocycles. The zero-order valence-corrected chi connectivity index (χ0v) is 18.0. The molecule has 0 N–H and O–H groups in total. The lowest BCUT2D eigenvalue weighted by molar-refractivity contribution is -0.137. The Kier molecular flexibility index (Phi) is 9.03. The van der Waals surface area contributed by atoms with Crippen molar-refractivity contribution in [2.45, 2.75) is 39.3 Å². The minimum atomic E-state index is -4.35. The third-order valence-corrected chi connectivity index (χ3v) is 5.06. The fourth-order valence-electron chi connectivity index (χ4n) is 3.27. The molecule has 1 amide bonds. The van der Waals surface area contributed by atoms with Gasteiger partial charge in [-0.3, -0.25) is 4.79 Å². The van der Waals surface area contributed by atoms with Crippen LogP contribution in [0.3, 0.4) is 0 Å². The fourth-order valence-corrected chi connectivity index (χ4v) is 3.40. The van der Waals surface area contributed by atoms with E-state index in [4.69, 9.17) is 16.3 Å². The minimum Gasteiger partial charge on any atom is -0.493 e. The molecule has 2 aromatic rings. The molecule has 1 atom stereocenters. The van der Waals surface area contributed by atoms with Gasteiger partial charge in [0.25, 0.3) is 0 Å². The van der Waals surface area contributed by atoms with E-state index >= 15 is 0 Å². The molecule has 3 nitrogen and oxygen atoms in total. The van der Waals surface area contributed by atoms with Gasteiger partial charge in [-0.15, -0.1) is 0 Å². The number of carbonyl (C=O) groups is 1. The van der Waals surface area contributed by atoms with Crippen molar-refractivity contribution in [1.29, 1.82) is 0 Å². The number of carbonyl (C=O) groups excluding carboxylic acids is 1. The van der Waals surface area contributed by atoms with Crippen LogP contribution in [-0.2, 0) is 17.4 Å². The Balaban J connectivity index is 0.00000155. The van der Waals surface area contributed by atoms with Gasteiger partial charge in [0.1, 0.15) is 5.75 Å². The maximum atomic E-state index is 12.6. The van der Waals surface area contributed by atoms with E-state index in [1.165, 1.54) is 12.1 Å². The Morgan fingerprint density at radius 2 is 1.73 bits per heavy atom. The van der Waals surface area contributed by atoms with Gasteiger partial charge in [0.15, 0.2) is 0 Å². The number of ether oxygens (including phenoxy) is 1. The number of hydrogen-bond donors (Lipinski definition) is 0. The molecule has 0 saturated carbocycles. The molecule has 164 valence electrons. The molecule has 0 aromatic heterocycles. The summed E-state index contributed by atoms with van der Waals surface area (Å²) in [6.07, 6.45) is -2.23. The molecule has 1 unspecified atom stereocenters. The number of halogens is 4. The number of rotatable bonds is 5. The molecule has 0 spiro atoms. The molecule has 30 heavy (non-hydrogen) atoms. The Bertz CT molecular complexity index is 792. The molecule has 1 aliphatic heterocycles. The van der Waals surface area contributed by atoms with E-state index in [0.717, 1.165) is 30.5 Å². The van der Waals surface area contributed by atoms with Crippen LogP contribution >= 0.6 is 11.6 Å². The first-order valence-corrected chi connectivity index (χ1v) is 10.5. The van der Waals surface area contributed by atoms with Crippen molar-refractivity contribution in [3.8, 4) is 5.75 Å². The molecule has 1 fully saturated rings. The zero-order chi connectivity index (χ0) is 22.1. The highest BCUT2D eigenvalue weighted by Gasteiger charge is 2.30. The molecule has 7 heteroatoms. The third kappa shape index (κ3) is 7.24. The molecule has 1 aliphatic rings. The fraction of sp³-hybridized carbons (Fsp3) is 0.435. The summed E-state index contributed by atoms with van der Waals surface area (Å²) in [6, 6.07) is 11.9. The molecule has 1 saturated heterocycles. The van der Waals surface area contributed by atoms with Gasteiger partial charge in [0.2, 0.25) is 5.91 Å². The summed E-state index contributed by atoms with van der Waals surface area (Å²) in [5.74, 6) is 0.615. The van der Waals surface area contributed by atoms with Gasteiger partial charge in [0.05, 0.1) is 18.6 Å². The van der Waals surface area contributed by atoms with Crippen LogP contribution < -0.4 is 4.74 Å². The number of amides is 1. The Morgan fingerprint density at radius 1 is 1.10 bits per heavy atom. The molecule has 1 heterocycles. The van der Waals surface area contributed by atoms with Crippen LogP contribution in [0.15, 0.2) is 48.5 Å². The summed E-state index contributed by atoms with van der Waals surface area (Å²) >= 11 is 5.87. The topological polar surface area (TPSA) is 29.5 Å². The number of hydrogen-bond acceptors (Lipinski definition) is 2. The minimum absolute atomic E-state index is 0.0570. The van der Waals surface area contributed by atoms with Crippen LogP contribution in [0.5, 0.6) is 5.75 Å². The average Bonchev–Trinajstić information content (AvgIpc) is 2.75. The Hall–Kier alpha value is -2.21. The monoisotopic (exact) mass is 441 g/mol. The number of piperidine rings is 1. The summed E-state index contributed by atoms with van der Waals surface area (Å²) in [5, 5.41) is 0.634. The van der Waals surface area contributed by atoms with Crippen molar-refractivity contribution in [2.75, 3.05) is 19.7 Å². The highest BCUT2D eigenvalue weighted by atomic mass is 35.5. The Morgan fingerprint density at radius 3 is 2.33 bits per heavy atom. The number of benzene rings is 2. The van der Waals surface area contributed by atoms with E-state index in [0.29, 0.717) is 36.9 Å². The lowest BCUT2D eigenvalue weighted by Gasteiger charge is -2.32. The molecular formula is C23H27ClF3NO2. The van der Waals surface area contributed by atoms with E-state index in [2.05, 4.69) is 0 Å². The molecule has 0 bridgehead atoms. The highest BCUT2D eigenvalue weighted by Crippen LogP contribution is 2.30. The normalized spacial score (nSPS) is 16.5. The van der Waals surface area contributed by atoms with Crippen LogP contribution in [0.2, 0.25) is 5.02 Å². The average molecular weight is 442 g/mol. The van der Waals surface area contributed by atoms with Crippen LogP contribution in [-0.4, -0.2) is 30.5 Å². The molecule has 0 radical (unpaired) electrons. The van der Waals surface area contributed by atoms with Gasteiger partial charge in [-0.1, -0.05) is 37.6 Å². The largest absolute Gasteiger partial charge is 0.493 e. The summed E-state index contributed by atoms with van der Waals surface area (Å²) in [6.45, 7) is 5.67. The van der Waals surface area contributed by atoms with Gasteiger partial charge < -0.3 is 9.64 Å². The van der Waals surface area contributed by atoms with Gasteiger partial charge in [-0.2, -0.15) is 13.2 Å². The maximum Gasteiger partial charge on any atom is 0.416 e. The standard InChI is InChI=1S/C21H21ClF3NO2.C2H6/c22-18-7-3-15(4-8-18)12-20(27)26-11-1-2-16(13-26)14-28-19-9-5-17(6-10-19)21(23,24)25;1-2/h3-10,16H,1-2,11-14H2;1-2H3. The van der Waals surface area contributed by atoms with Gasteiger partial charge in [0, 0.05) is 24.0 Å². The number of alkyl halides is 3. The predicted octanol–water partition coefficient (Wildman–Crippen LogP) is 6.25. The molecule has 3 rings (SSSR count). The maximum absolute atomic E-state index is 12.6. The SMILES string of the molecule is CC.O=C(Cc1ccc(Cl)cc1)N1CCCC(COc2ccc(C(F)(F)F)cc2)C1. The van der Waals surface area contributed by atoms with E-state index in [1.807, 2.05) is 30.9 Å². The summed E-state index contributed by atoms with van der Waals surface area (Å²) in [7, 11) is 0. The van der Waals surface area contributed by atoms with E-state index in [1.54, 1.807) is 12.1 Å². The van der Waals surface area contributed by atoms with Crippen molar-refractivity contribution in [1.82, 2.24) is 4.90 Å². The third-order valence-electron chi connectivity index (χ3n) is 4.81. The van der Waals surface area contributed by atoms with Crippen LogP contribution in [0.4, 0.5) is 13.2 Å². The van der Waals surface area contributed by atoms with E-state index in [-0.39, 0.29) is 11.8 Å². The first-order valence-electron chi connectivity index (χ1n) is 10.1. The second-order valence-corrected chi connectivity index (χ2v) is 7.42. The number of nitrogens with zero attached hydrogens (tertiary/aromatic N) is 1. The summed E-state index contributed by atoms with van der Waals surface area (Å²) in [4.78, 5) is 14.4. The van der Waals surface area contributed by atoms with E-state index < -0.39 is 11.7 Å². The van der Waals surface area contributed by atoms with Crippen molar-refractivity contribution >= 4 is 17.5 Å². The van der Waals surface area contributed by atoms with Crippen LogP contribution in [0.1, 0.15) is 37.8 Å². The molecule has 0 aliphatic carbocycles. The lowest BCUT2D eigenvalue weighted by Crippen LogP contribution is -2.42. The number of likely N-dealkylation sites (tertiary alicyclic amines) is 1. The second kappa shape index (κ2) is 11.3. The lowest BCUT2D eigenvalue weighted by atomic mass is 9.98. The summed E-state index contributed by atoms with van der Waals surface area (Å²) < 4.78 is 43.5. The van der Waals surface area contributed by atoms with E-state index in [9.17, 15) is 18.0 Å². The first-order chi connectivity index (χ1) is 14.3. The summed E-state index contributed by atoms with van der Waals surface area (Å²) in [5.41, 5.74) is 0.217. The van der Waals surface area contributed by atoms with Gasteiger partial charge >= 0.3 is 6.18 Å². The zero-order valence-electron chi connectivity index (χ0n) is 17.2. The smallest absolute Gasteiger partial charge is 0.416 e. The van der Waals surface area contributed by atoms with Gasteiger partial charge in [-0.05, 0) is 54.8 Å². The first kappa shape index (κ1) is 24.1. The van der Waals surface area contributed by atoms with Gasteiger partial charge in [-0.25, -0.2) is 0 Å². The van der Waals surface area contributed by atoms with Crippen molar-refractivity contribution in [2.24, 2.45) is 5.92 Å². The van der Waals surface area contributed by atoms with Crippen LogP contribution in [0, 0.1) is 5.92 Å². The quantitative estimate of drug-likeness (QED) is 0.549. The van der Waals surface area contributed by atoms with Crippen molar-refractivity contribution in [3.05, 3.63) is 64.7 Å². The molecular weight excluding hydrogens is 415 g/mol.